The Morgan fingerprint density at radius 3 is 2.68 bits per heavy atom. The van der Waals surface area contributed by atoms with Crippen LogP contribution < -0.4 is 5.69 Å². The van der Waals surface area contributed by atoms with Crippen molar-refractivity contribution in [2.45, 2.75) is 43.9 Å². The molecule has 0 aliphatic heterocycles. The van der Waals surface area contributed by atoms with Crippen molar-refractivity contribution < 1.29 is 0 Å². The van der Waals surface area contributed by atoms with Crippen LogP contribution >= 0.6 is 11.6 Å². The van der Waals surface area contributed by atoms with Gasteiger partial charge in [-0.3, -0.25) is 0 Å². The predicted octanol–water partition coefficient (Wildman–Crippen LogP) is 4.11. The number of H-pyrrole nitrogens is 2. The first-order valence-corrected chi connectivity index (χ1v) is 7.52. The maximum Gasteiger partial charge on any atom is 0.323 e. The molecule has 4 heteroatoms. The van der Waals surface area contributed by atoms with Gasteiger partial charge < -0.3 is 9.97 Å². The molecule has 0 spiro atoms. The van der Waals surface area contributed by atoms with Crippen LogP contribution in [0.25, 0.3) is 11.0 Å². The summed E-state index contributed by atoms with van der Waals surface area (Å²) in [6.45, 7) is 0. The summed E-state index contributed by atoms with van der Waals surface area (Å²) in [5.41, 5.74) is 2.63. The molecule has 2 N–H and O–H groups in total. The zero-order chi connectivity index (χ0) is 13.2. The molecular weight excluding hydrogens is 260 g/mol. The highest BCUT2D eigenvalue weighted by Crippen LogP contribution is 2.35. The monoisotopic (exact) mass is 278 g/mol. The molecule has 1 saturated carbocycles. The van der Waals surface area contributed by atoms with E-state index in [1.165, 1.54) is 32.1 Å². The van der Waals surface area contributed by atoms with Gasteiger partial charge in [0.2, 0.25) is 0 Å². The molecule has 3 nitrogen and oxygen atoms in total. The van der Waals surface area contributed by atoms with E-state index in [2.05, 4.69) is 9.97 Å². The Hall–Kier alpha value is -1.22. The molecule has 0 radical (unpaired) electrons. The third-order valence-electron chi connectivity index (χ3n) is 4.17. The highest BCUT2D eigenvalue weighted by Gasteiger charge is 2.19. The largest absolute Gasteiger partial charge is 0.323 e. The van der Waals surface area contributed by atoms with E-state index >= 15 is 0 Å². The Balaban J connectivity index is 1.76. The number of hydrogen-bond donors (Lipinski definition) is 2. The smallest absolute Gasteiger partial charge is 0.306 e. The lowest BCUT2D eigenvalue weighted by Gasteiger charge is -2.23. The second kappa shape index (κ2) is 5.41. The quantitative estimate of drug-likeness (QED) is 0.816. The van der Waals surface area contributed by atoms with Gasteiger partial charge in [-0.25, -0.2) is 4.79 Å². The number of halogens is 1. The van der Waals surface area contributed by atoms with E-state index in [4.69, 9.17) is 11.6 Å². The molecule has 1 aliphatic rings. The molecular formula is C15H19ClN2O. The van der Waals surface area contributed by atoms with E-state index in [0.717, 1.165) is 28.9 Å². The molecule has 1 aliphatic carbocycles. The maximum absolute atomic E-state index is 11.2. The fraction of sp³-hybridized carbons (Fsp3) is 0.533. The number of aromatic amines is 2. The number of rotatable bonds is 3. The second-order valence-electron chi connectivity index (χ2n) is 5.59. The van der Waals surface area contributed by atoms with E-state index in [0.29, 0.717) is 0 Å². The molecule has 1 aromatic carbocycles. The normalized spacial score (nSPS) is 18.8. The van der Waals surface area contributed by atoms with Crippen LogP contribution in [-0.4, -0.2) is 9.97 Å². The van der Waals surface area contributed by atoms with Gasteiger partial charge >= 0.3 is 5.69 Å². The first-order valence-electron chi connectivity index (χ1n) is 7.08. The van der Waals surface area contributed by atoms with Gasteiger partial charge in [-0.2, -0.15) is 0 Å². The number of benzene rings is 1. The van der Waals surface area contributed by atoms with Crippen molar-refractivity contribution in [2.24, 2.45) is 5.92 Å². The molecule has 1 unspecified atom stereocenters. The van der Waals surface area contributed by atoms with Crippen LogP contribution in [0.5, 0.6) is 0 Å². The minimum absolute atomic E-state index is 0.0471. The highest BCUT2D eigenvalue weighted by atomic mass is 35.5. The zero-order valence-electron chi connectivity index (χ0n) is 10.9. The first-order chi connectivity index (χ1) is 9.22. The van der Waals surface area contributed by atoms with E-state index in [9.17, 15) is 4.79 Å². The Bertz CT molecular complexity index is 610. The third kappa shape index (κ3) is 2.86. The highest BCUT2D eigenvalue weighted by molar-refractivity contribution is 6.20. The molecule has 1 atom stereocenters. The van der Waals surface area contributed by atoms with E-state index in [1.807, 2.05) is 18.2 Å². The number of nitrogens with one attached hydrogen (secondary N) is 2. The Morgan fingerprint density at radius 2 is 1.89 bits per heavy atom. The van der Waals surface area contributed by atoms with Crippen molar-refractivity contribution in [2.75, 3.05) is 0 Å². The van der Waals surface area contributed by atoms with Gasteiger partial charge in [0.25, 0.3) is 0 Å². The minimum Gasteiger partial charge on any atom is -0.306 e. The van der Waals surface area contributed by atoms with Gasteiger partial charge in [-0.05, 0) is 30.0 Å². The molecule has 2 aromatic rings. The Labute approximate surface area is 117 Å². The van der Waals surface area contributed by atoms with Crippen LogP contribution in [0.2, 0.25) is 0 Å². The summed E-state index contributed by atoms with van der Waals surface area (Å²) in [7, 11) is 0. The van der Waals surface area contributed by atoms with Gasteiger partial charge in [0.15, 0.2) is 0 Å². The van der Waals surface area contributed by atoms with Gasteiger partial charge in [0.05, 0.1) is 16.4 Å². The van der Waals surface area contributed by atoms with Gasteiger partial charge in [-0.1, -0.05) is 38.2 Å². The van der Waals surface area contributed by atoms with Crippen LogP contribution in [0.4, 0.5) is 0 Å². The molecule has 0 saturated heterocycles. The lowest BCUT2D eigenvalue weighted by atomic mass is 9.85. The third-order valence-corrected chi connectivity index (χ3v) is 4.60. The number of alkyl halides is 1. The summed E-state index contributed by atoms with van der Waals surface area (Å²) in [5.74, 6) is 0.761. The Kier molecular flexibility index (Phi) is 3.65. The SMILES string of the molecule is O=c1[nH]c2ccc(C(Cl)CC3CCCCC3)cc2[nH]1. The van der Waals surface area contributed by atoms with Crippen molar-refractivity contribution in [3.8, 4) is 0 Å². The van der Waals surface area contributed by atoms with Crippen LogP contribution in [0, 0.1) is 5.92 Å². The topological polar surface area (TPSA) is 48.6 Å². The fourth-order valence-electron chi connectivity index (χ4n) is 3.10. The average Bonchev–Trinajstić information content (AvgIpc) is 2.78. The fourth-order valence-corrected chi connectivity index (χ4v) is 3.48. The van der Waals surface area contributed by atoms with Crippen molar-refractivity contribution in [3.05, 3.63) is 34.2 Å². The summed E-state index contributed by atoms with van der Waals surface area (Å²) in [4.78, 5) is 16.8. The minimum atomic E-state index is -0.162. The van der Waals surface area contributed by atoms with Crippen LogP contribution in [-0.2, 0) is 0 Å². The van der Waals surface area contributed by atoms with E-state index in [-0.39, 0.29) is 11.1 Å². The number of aromatic nitrogens is 2. The van der Waals surface area contributed by atoms with Crippen molar-refractivity contribution in [1.29, 1.82) is 0 Å². The maximum atomic E-state index is 11.2. The van der Waals surface area contributed by atoms with E-state index < -0.39 is 0 Å². The molecule has 19 heavy (non-hydrogen) atoms. The van der Waals surface area contributed by atoms with Crippen molar-refractivity contribution in [1.82, 2.24) is 9.97 Å². The molecule has 3 rings (SSSR count). The summed E-state index contributed by atoms with van der Waals surface area (Å²) in [5, 5.41) is 0.0471. The van der Waals surface area contributed by atoms with Crippen molar-refractivity contribution >= 4 is 22.6 Å². The van der Waals surface area contributed by atoms with Gasteiger partial charge in [0, 0.05) is 0 Å². The first kappa shape index (κ1) is 12.8. The summed E-state index contributed by atoms with van der Waals surface area (Å²) >= 11 is 6.54. The number of fused-ring (bicyclic) bond motifs is 1. The standard InChI is InChI=1S/C15H19ClN2O/c16-12(8-10-4-2-1-3-5-10)11-6-7-13-14(9-11)18-15(19)17-13/h6-7,9-10,12H,1-5,8H2,(H2,17,18,19). The summed E-state index contributed by atoms with van der Waals surface area (Å²) < 4.78 is 0. The molecule has 1 heterocycles. The zero-order valence-corrected chi connectivity index (χ0v) is 11.7. The lowest BCUT2D eigenvalue weighted by molar-refractivity contribution is 0.336. The molecule has 0 amide bonds. The predicted molar refractivity (Wildman–Crippen MR) is 78.7 cm³/mol. The van der Waals surface area contributed by atoms with Crippen molar-refractivity contribution in [3.63, 3.8) is 0 Å². The van der Waals surface area contributed by atoms with Gasteiger partial charge in [0.1, 0.15) is 0 Å². The number of hydrogen-bond acceptors (Lipinski definition) is 1. The molecule has 1 fully saturated rings. The summed E-state index contributed by atoms with van der Waals surface area (Å²) in [6.07, 6.45) is 7.73. The second-order valence-corrected chi connectivity index (χ2v) is 6.12. The summed E-state index contributed by atoms with van der Waals surface area (Å²) in [6, 6.07) is 5.94. The molecule has 1 aromatic heterocycles. The average molecular weight is 279 g/mol. The van der Waals surface area contributed by atoms with Crippen LogP contribution in [0.3, 0.4) is 0 Å². The van der Waals surface area contributed by atoms with E-state index in [1.54, 1.807) is 0 Å². The number of imidazole rings is 1. The lowest BCUT2D eigenvalue weighted by Crippen LogP contribution is -2.08. The van der Waals surface area contributed by atoms with Crippen LogP contribution in [0.1, 0.15) is 49.5 Å². The molecule has 0 bridgehead atoms. The van der Waals surface area contributed by atoms with Gasteiger partial charge in [-0.15, -0.1) is 11.6 Å². The van der Waals surface area contributed by atoms with Crippen LogP contribution in [0.15, 0.2) is 23.0 Å². The Morgan fingerprint density at radius 1 is 1.16 bits per heavy atom. The molecule has 102 valence electrons.